The van der Waals surface area contributed by atoms with Crippen LogP contribution in [0.15, 0.2) is 42.2 Å². The Morgan fingerprint density at radius 2 is 1.91 bits per heavy atom. The van der Waals surface area contributed by atoms with Crippen LogP contribution in [0.3, 0.4) is 0 Å². The SMILES string of the molecule is COC1=CC=C(c2ccc(CNC3CC([C@](N)(CCCCB(O)O)C(=O)O)C3)cc2)CC1. The first-order valence-corrected chi connectivity index (χ1v) is 11.5. The van der Waals surface area contributed by atoms with Gasteiger partial charge in [0.05, 0.1) is 12.9 Å². The van der Waals surface area contributed by atoms with E-state index in [4.69, 9.17) is 20.5 Å². The van der Waals surface area contributed by atoms with Gasteiger partial charge in [0.25, 0.3) is 0 Å². The molecule has 2 aliphatic carbocycles. The number of carboxylic acid groups (broad SMARTS) is 1. The van der Waals surface area contributed by atoms with Crippen molar-refractivity contribution in [3.8, 4) is 0 Å². The normalized spacial score (nSPS) is 22.2. The number of allylic oxidation sites excluding steroid dienone is 4. The fourth-order valence-electron chi connectivity index (χ4n) is 4.56. The number of carbonyl (C=O) groups is 1. The van der Waals surface area contributed by atoms with Crippen LogP contribution in [0.5, 0.6) is 0 Å². The summed E-state index contributed by atoms with van der Waals surface area (Å²) in [7, 11) is 0.357. The predicted molar refractivity (Wildman–Crippen MR) is 126 cm³/mol. The maximum absolute atomic E-state index is 11.8. The molecule has 0 aliphatic heterocycles. The second-order valence-corrected chi connectivity index (χ2v) is 9.04. The van der Waals surface area contributed by atoms with E-state index < -0.39 is 18.6 Å². The fourth-order valence-corrected chi connectivity index (χ4v) is 4.56. The lowest BCUT2D eigenvalue weighted by Gasteiger charge is -2.45. The molecular formula is C24H35BN2O5. The zero-order valence-electron chi connectivity index (χ0n) is 18.8. The third kappa shape index (κ3) is 6.22. The molecule has 32 heavy (non-hydrogen) atoms. The highest BCUT2D eigenvalue weighted by Gasteiger charge is 2.48. The van der Waals surface area contributed by atoms with Gasteiger partial charge in [0.15, 0.2) is 0 Å². The van der Waals surface area contributed by atoms with Gasteiger partial charge in [-0.3, -0.25) is 4.79 Å². The second-order valence-electron chi connectivity index (χ2n) is 9.04. The predicted octanol–water partition coefficient (Wildman–Crippen LogP) is 2.69. The van der Waals surface area contributed by atoms with Crippen LogP contribution in [0.1, 0.15) is 56.1 Å². The average Bonchev–Trinajstić information content (AvgIpc) is 2.76. The van der Waals surface area contributed by atoms with Gasteiger partial charge in [0, 0.05) is 19.0 Å². The van der Waals surface area contributed by atoms with E-state index in [1.807, 2.05) is 6.08 Å². The van der Waals surface area contributed by atoms with Gasteiger partial charge in [0.2, 0.25) is 0 Å². The maximum atomic E-state index is 11.8. The number of ether oxygens (including phenoxy) is 1. The summed E-state index contributed by atoms with van der Waals surface area (Å²) in [5, 5.41) is 31.1. The number of nitrogens with one attached hydrogen (secondary N) is 1. The Morgan fingerprint density at radius 1 is 1.19 bits per heavy atom. The van der Waals surface area contributed by atoms with Gasteiger partial charge in [-0.15, -0.1) is 0 Å². The molecule has 8 heteroatoms. The molecule has 6 N–H and O–H groups in total. The molecule has 1 fully saturated rings. The van der Waals surface area contributed by atoms with Gasteiger partial charge < -0.3 is 30.9 Å². The van der Waals surface area contributed by atoms with E-state index in [0.717, 1.165) is 38.0 Å². The van der Waals surface area contributed by atoms with Crippen LogP contribution >= 0.6 is 0 Å². The van der Waals surface area contributed by atoms with E-state index in [1.165, 1.54) is 16.7 Å². The molecule has 3 rings (SSSR count). The van der Waals surface area contributed by atoms with Crippen LogP contribution in [0.25, 0.3) is 5.57 Å². The molecular weight excluding hydrogens is 407 g/mol. The highest BCUT2D eigenvalue weighted by Crippen LogP contribution is 2.38. The van der Waals surface area contributed by atoms with E-state index in [1.54, 1.807) is 7.11 Å². The van der Waals surface area contributed by atoms with Crippen molar-refractivity contribution in [2.45, 2.75) is 69.4 Å². The number of hydrogen-bond acceptors (Lipinski definition) is 6. The Hall–Kier alpha value is -2.13. The first-order chi connectivity index (χ1) is 15.3. The molecule has 1 atom stereocenters. The Labute approximate surface area is 190 Å². The minimum absolute atomic E-state index is 0.0674. The summed E-state index contributed by atoms with van der Waals surface area (Å²) in [6.07, 6.45) is 9.26. The van der Waals surface area contributed by atoms with Gasteiger partial charge in [-0.25, -0.2) is 0 Å². The van der Waals surface area contributed by atoms with Crippen LogP contribution in [0.4, 0.5) is 0 Å². The largest absolute Gasteiger partial charge is 0.501 e. The molecule has 0 unspecified atom stereocenters. The molecule has 0 aromatic heterocycles. The van der Waals surface area contributed by atoms with Crippen LogP contribution < -0.4 is 11.1 Å². The van der Waals surface area contributed by atoms with Crippen molar-refractivity contribution in [2.75, 3.05) is 7.11 Å². The molecule has 1 saturated carbocycles. The van der Waals surface area contributed by atoms with Crippen LogP contribution in [0, 0.1) is 5.92 Å². The summed E-state index contributed by atoms with van der Waals surface area (Å²) in [5.74, 6) is -0.0190. The average molecular weight is 442 g/mol. The standard InChI is InChI=1S/C24H35BN2O5/c1-32-22-10-8-19(9-11-22)18-6-4-17(5-7-18)16-27-21-14-20(15-21)24(26,23(28)29)12-2-3-13-25(30)31/h4-8,10,20-21,27,30-31H,2-3,9,11-16,26H2,1H3,(H,28,29)/t20?,21?,24-/m1/s1. The third-order valence-corrected chi connectivity index (χ3v) is 6.86. The second kappa shape index (κ2) is 11.1. The van der Waals surface area contributed by atoms with Gasteiger partial charge in [-0.1, -0.05) is 43.2 Å². The number of carboxylic acids is 1. The Balaban J connectivity index is 1.44. The van der Waals surface area contributed by atoms with Gasteiger partial charge in [-0.2, -0.15) is 0 Å². The molecule has 0 heterocycles. The number of unbranched alkanes of at least 4 members (excludes halogenated alkanes) is 1. The first-order valence-electron chi connectivity index (χ1n) is 11.5. The smallest absolute Gasteiger partial charge is 0.451 e. The Morgan fingerprint density at radius 3 is 2.47 bits per heavy atom. The number of aliphatic carboxylic acids is 1. The van der Waals surface area contributed by atoms with Crippen molar-refractivity contribution in [3.05, 3.63) is 53.3 Å². The van der Waals surface area contributed by atoms with Gasteiger partial charge in [0.1, 0.15) is 5.54 Å². The maximum Gasteiger partial charge on any atom is 0.451 e. The summed E-state index contributed by atoms with van der Waals surface area (Å²) >= 11 is 0. The van der Waals surface area contributed by atoms with Gasteiger partial charge in [-0.05, 0) is 60.7 Å². The molecule has 0 amide bonds. The van der Waals surface area contributed by atoms with Crippen molar-refractivity contribution in [1.29, 1.82) is 0 Å². The summed E-state index contributed by atoms with van der Waals surface area (Å²) in [5.41, 5.74) is 8.76. The first kappa shape index (κ1) is 24.5. The van der Waals surface area contributed by atoms with Crippen LogP contribution in [0.2, 0.25) is 6.32 Å². The molecule has 1 aromatic rings. The molecule has 0 spiro atoms. The fraction of sp³-hybridized carbons (Fsp3) is 0.542. The molecule has 7 nitrogen and oxygen atoms in total. The van der Waals surface area contributed by atoms with E-state index in [0.29, 0.717) is 19.3 Å². The van der Waals surface area contributed by atoms with E-state index in [-0.39, 0.29) is 18.3 Å². The number of hydrogen-bond donors (Lipinski definition) is 5. The Kier molecular flexibility index (Phi) is 8.54. The summed E-state index contributed by atoms with van der Waals surface area (Å²) in [6.45, 7) is 0.740. The lowest BCUT2D eigenvalue weighted by atomic mass is 9.66. The minimum Gasteiger partial charge on any atom is -0.501 e. The van der Waals surface area contributed by atoms with Crippen molar-refractivity contribution in [1.82, 2.24) is 5.32 Å². The third-order valence-electron chi connectivity index (χ3n) is 6.86. The molecule has 0 saturated heterocycles. The van der Waals surface area contributed by atoms with Crippen LogP contribution in [-0.4, -0.2) is 46.9 Å². The lowest BCUT2D eigenvalue weighted by Crippen LogP contribution is -2.61. The highest BCUT2D eigenvalue weighted by molar-refractivity contribution is 6.40. The number of methoxy groups -OCH3 is 1. The highest BCUT2D eigenvalue weighted by atomic mass is 16.5. The number of nitrogens with two attached hydrogens (primary N) is 1. The lowest BCUT2D eigenvalue weighted by molar-refractivity contribution is -0.148. The zero-order chi connectivity index (χ0) is 23.1. The van der Waals surface area contributed by atoms with Crippen molar-refractivity contribution < 1.29 is 24.7 Å². The molecule has 0 radical (unpaired) electrons. The summed E-state index contributed by atoms with van der Waals surface area (Å²) in [6, 6.07) is 8.83. The Bertz CT molecular complexity index is 833. The van der Waals surface area contributed by atoms with Gasteiger partial charge >= 0.3 is 13.1 Å². The van der Waals surface area contributed by atoms with E-state index in [2.05, 4.69) is 35.7 Å². The molecule has 2 aliphatic rings. The van der Waals surface area contributed by atoms with E-state index >= 15 is 0 Å². The summed E-state index contributed by atoms with van der Waals surface area (Å²) < 4.78 is 5.29. The van der Waals surface area contributed by atoms with Crippen molar-refractivity contribution in [2.24, 2.45) is 11.7 Å². The molecule has 174 valence electrons. The van der Waals surface area contributed by atoms with Crippen LogP contribution in [-0.2, 0) is 16.1 Å². The van der Waals surface area contributed by atoms with E-state index in [9.17, 15) is 9.90 Å². The van der Waals surface area contributed by atoms with Crippen molar-refractivity contribution >= 4 is 18.7 Å². The monoisotopic (exact) mass is 442 g/mol. The topological polar surface area (TPSA) is 125 Å². The summed E-state index contributed by atoms with van der Waals surface area (Å²) in [4.78, 5) is 11.8. The molecule has 0 bridgehead atoms. The number of rotatable bonds is 12. The minimum atomic E-state index is -1.35. The molecule has 1 aromatic carbocycles. The quantitative estimate of drug-likeness (QED) is 0.249. The zero-order valence-corrected chi connectivity index (χ0v) is 18.8. The number of benzene rings is 1. The van der Waals surface area contributed by atoms with Crippen molar-refractivity contribution in [3.63, 3.8) is 0 Å².